The number of piperazine rings is 1. The third-order valence-corrected chi connectivity index (χ3v) is 4.50. The number of amides is 1. The number of hydroxylamine groups is 1. The molecule has 142 valence electrons. The lowest BCUT2D eigenvalue weighted by Crippen LogP contribution is -2.44. The number of nitrogens with one attached hydrogen (secondary N) is 1. The van der Waals surface area contributed by atoms with Gasteiger partial charge < -0.3 is 15.1 Å². The van der Waals surface area contributed by atoms with Crippen LogP contribution in [-0.4, -0.2) is 67.6 Å². The predicted molar refractivity (Wildman–Crippen MR) is 106 cm³/mol. The van der Waals surface area contributed by atoms with Gasteiger partial charge in [-0.25, -0.2) is 15.0 Å². The molecule has 3 rings (SSSR count). The molecule has 8 nitrogen and oxygen atoms in total. The van der Waals surface area contributed by atoms with E-state index in [0.29, 0.717) is 29.3 Å². The predicted octanol–water partition coefficient (Wildman–Crippen LogP) is 1.48. The highest BCUT2D eigenvalue weighted by Crippen LogP contribution is 2.23. The second-order valence-corrected chi connectivity index (χ2v) is 6.43. The monoisotopic (exact) mass is 368 g/mol. The molecule has 0 radical (unpaired) electrons. The number of hydrogen-bond acceptors (Lipinski definition) is 7. The Morgan fingerprint density at radius 3 is 2.56 bits per heavy atom. The Labute approximate surface area is 158 Å². The topological polar surface area (TPSA) is 84.3 Å². The molecule has 0 saturated carbocycles. The van der Waals surface area contributed by atoms with Crippen LogP contribution in [0.5, 0.6) is 0 Å². The maximum absolute atomic E-state index is 11.0. The highest BCUT2D eigenvalue weighted by atomic mass is 16.5. The minimum absolute atomic E-state index is 0.305. The van der Waals surface area contributed by atoms with Gasteiger partial charge in [0.05, 0.1) is 11.3 Å². The number of pyridine rings is 1. The van der Waals surface area contributed by atoms with Crippen LogP contribution >= 0.6 is 0 Å². The van der Waals surface area contributed by atoms with Gasteiger partial charge in [0.25, 0.3) is 0 Å². The van der Waals surface area contributed by atoms with E-state index in [0.717, 1.165) is 36.9 Å². The lowest BCUT2D eigenvalue weighted by atomic mass is 10.2. The maximum atomic E-state index is 11.0. The Hall–Kier alpha value is -2.97. The number of nitrogens with zero attached hydrogens (tertiary/aromatic N) is 5. The molecule has 1 aromatic heterocycles. The molecule has 0 bridgehead atoms. The first kappa shape index (κ1) is 18.8. The van der Waals surface area contributed by atoms with Crippen LogP contribution in [0.15, 0.2) is 47.6 Å². The van der Waals surface area contributed by atoms with Gasteiger partial charge in [-0.05, 0) is 43.4 Å². The molecule has 0 unspecified atom stereocenters. The summed E-state index contributed by atoms with van der Waals surface area (Å²) in [7, 11) is 3.60. The molecule has 1 amide bonds. The lowest BCUT2D eigenvalue weighted by molar-refractivity contribution is -0.108. The standard InChI is InChI=1S/C19H24N6O2/c1-23-10-12-25(13-11-23)16-7-5-15(6-8-16)22-18(21-14-26)17-4-3-9-20-19(17)24(2)27/h3-9,14,27H,10-13H2,1-2H3,(H,21,22,26). The van der Waals surface area contributed by atoms with Crippen LogP contribution in [-0.2, 0) is 4.79 Å². The van der Waals surface area contributed by atoms with E-state index in [9.17, 15) is 10.0 Å². The van der Waals surface area contributed by atoms with E-state index in [1.165, 1.54) is 7.05 Å². The van der Waals surface area contributed by atoms with Gasteiger partial charge in [-0.3, -0.25) is 10.0 Å². The molecule has 8 heteroatoms. The largest absolute Gasteiger partial charge is 0.369 e. The molecule has 1 fully saturated rings. The number of aliphatic imine (C=N–C) groups is 1. The van der Waals surface area contributed by atoms with Gasteiger partial charge in [0.2, 0.25) is 6.41 Å². The summed E-state index contributed by atoms with van der Waals surface area (Å²) in [6.07, 6.45) is 2.13. The van der Waals surface area contributed by atoms with E-state index in [2.05, 4.69) is 32.1 Å². The fraction of sp³-hybridized carbons (Fsp3) is 0.316. The molecule has 1 saturated heterocycles. The minimum Gasteiger partial charge on any atom is -0.369 e. The zero-order chi connectivity index (χ0) is 19.2. The maximum Gasteiger partial charge on any atom is 0.212 e. The average molecular weight is 368 g/mol. The number of carbonyl (C=O) groups is 1. The lowest BCUT2D eigenvalue weighted by Gasteiger charge is -2.34. The van der Waals surface area contributed by atoms with Crippen LogP contribution in [0, 0.1) is 0 Å². The molecule has 2 N–H and O–H groups in total. The first-order valence-electron chi connectivity index (χ1n) is 8.79. The molecule has 1 aromatic carbocycles. The smallest absolute Gasteiger partial charge is 0.212 e. The fourth-order valence-corrected chi connectivity index (χ4v) is 3.00. The number of likely N-dealkylation sites (N-methyl/N-ethyl adjacent to an activating group) is 1. The highest BCUT2D eigenvalue weighted by Gasteiger charge is 2.15. The fourth-order valence-electron chi connectivity index (χ4n) is 3.00. The number of anilines is 2. The molecule has 2 aromatic rings. The van der Waals surface area contributed by atoms with E-state index < -0.39 is 0 Å². The van der Waals surface area contributed by atoms with Gasteiger partial charge in [-0.15, -0.1) is 0 Å². The number of rotatable bonds is 5. The van der Waals surface area contributed by atoms with Crippen LogP contribution in [0.4, 0.5) is 17.2 Å². The molecule has 27 heavy (non-hydrogen) atoms. The van der Waals surface area contributed by atoms with Crippen molar-refractivity contribution in [2.45, 2.75) is 0 Å². The summed E-state index contributed by atoms with van der Waals surface area (Å²) in [5.74, 6) is 0.626. The van der Waals surface area contributed by atoms with Crippen molar-refractivity contribution in [1.29, 1.82) is 0 Å². The van der Waals surface area contributed by atoms with Crippen molar-refractivity contribution >= 4 is 29.4 Å². The molecular formula is C19H24N6O2. The summed E-state index contributed by atoms with van der Waals surface area (Å²) < 4.78 is 0. The summed E-state index contributed by atoms with van der Waals surface area (Å²) in [5, 5.41) is 13.3. The number of amidine groups is 1. The molecule has 0 spiro atoms. The number of hydrogen-bond donors (Lipinski definition) is 2. The number of aromatic nitrogens is 1. The zero-order valence-corrected chi connectivity index (χ0v) is 15.5. The van der Waals surface area contributed by atoms with Crippen LogP contribution < -0.4 is 15.3 Å². The van der Waals surface area contributed by atoms with Crippen LogP contribution in [0.3, 0.4) is 0 Å². The number of carbonyl (C=O) groups excluding carboxylic acids is 1. The minimum atomic E-state index is 0.305. The zero-order valence-electron chi connectivity index (χ0n) is 15.5. The van der Waals surface area contributed by atoms with Gasteiger partial charge in [-0.1, -0.05) is 0 Å². The van der Waals surface area contributed by atoms with Gasteiger partial charge in [0.15, 0.2) is 5.82 Å². The second kappa shape index (κ2) is 8.61. The Morgan fingerprint density at radius 1 is 1.22 bits per heavy atom. The van der Waals surface area contributed by atoms with E-state index in [4.69, 9.17) is 0 Å². The summed E-state index contributed by atoms with van der Waals surface area (Å²) in [6.45, 7) is 4.09. The van der Waals surface area contributed by atoms with Crippen molar-refractivity contribution in [2.75, 3.05) is 50.2 Å². The SMILES string of the molecule is CN1CCN(c2ccc(N=C(NC=O)c3cccnc3N(C)O)cc2)CC1. The molecule has 0 aliphatic carbocycles. The van der Waals surface area contributed by atoms with Crippen LogP contribution in [0.25, 0.3) is 0 Å². The van der Waals surface area contributed by atoms with Gasteiger partial charge in [-0.2, -0.15) is 0 Å². The summed E-state index contributed by atoms with van der Waals surface area (Å²) in [5.41, 5.74) is 2.38. The quantitative estimate of drug-likeness (QED) is 0.360. The molecular weight excluding hydrogens is 344 g/mol. The third kappa shape index (κ3) is 4.60. The van der Waals surface area contributed by atoms with E-state index in [1.54, 1.807) is 18.3 Å². The summed E-state index contributed by atoms with van der Waals surface area (Å²) in [4.78, 5) is 24.4. The Balaban J connectivity index is 1.85. The van der Waals surface area contributed by atoms with Crippen molar-refractivity contribution in [1.82, 2.24) is 15.2 Å². The first-order valence-corrected chi connectivity index (χ1v) is 8.79. The number of benzene rings is 1. The molecule has 1 aliphatic heterocycles. The van der Waals surface area contributed by atoms with E-state index >= 15 is 0 Å². The second-order valence-electron chi connectivity index (χ2n) is 6.43. The van der Waals surface area contributed by atoms with Gasteiger partial charge >= 0.3 is 0 Å². The summed E-state index contributed by atoms with van der Waals surface area (Å²) in [6, 6.07) is 11.4. The van der Waals surface area contributed by atoms with Crippen molar-refractivity contribution in [3.63, 3.8) is 0 Å². The van der Waals surface area contributed by atoms with E-state index in [1.807, 2.05) is 24.3 Å². The van der Waals surface area contributed by atoms with Crippen molar-refractivity contribution in [2.24, 2.45) is 4.99 Å². The van der Waals surface area contributed by atoms with Crippen molar-refractivity contribution < 1.29 is 10.0 Å². The van der Waals surface area contributed by atoms with Crippen LogP contribution in [0.1, 0.15) is 5.56 Å². The van der Waals surface area contributed by atoms with E-state index in [-0.39, 0.29) is 0 Å². The third-order valence-electron chi connectivity index (χ3n) is 4.50. The Morgan fingerprint density at radius 2 is 1.93 bits per heavy atom. The average Bonchev–Trinajstić information content (AvgIpc) is 2.69. The Bertz CT molecular complexity index is 798. The first-order chi connectivity index (χ1) is 13.1. The van der Waals surface area contributed by atoms with Gasteiger partial charge in [0, 0.05) is 45.1 Å². The van der Waals surface area contributed by atoms with Crippen LogP contribution in [0.2, 0.25) is 0 Å². The molecule has 2 heterocycles. The molecule has 0 atom stereocenters. The van der Waals surface area contributed by atoms with Crippen molar-refractivity contribution in [3.05, 3.63) is 48.2 Å². The molecule has 1 aliphatic rings. The summed E-state index contributed by atoms with van der Waals surface area (Å²) >= 11 is 0. The van der Waals surface area contributed by atoms with Crippen molar-refractivity contribution in [3.8, 4) is 0 Å². The Kier molecular flexibility index (Phi) is 6.00. The highest BCUT2D eigenvalue weighted by molar-refractivity contribution is 6.08. The normalized spacial score (nSPS) is 15.5. The van der Waals surface area contributed by atoms with Gasteiger partial charge in [0.1, 0.15) is 5.84 Å².